The SMILES string of the molecule is C=C(C)CN1CCC(NC(=NCCc2ccc(O)c(OC)c2)NCC)CC1. The molecule has 0 unspecified atom stereocenters. The van der Waals surface area contributed by atoms with Gasteiger partial charge in [0.05, 0.1) is 7.11 Å². The quantitative estimate of drug-likeness (QED) is 0.371. The number of nitrogens with one attached hydrogen (secondary N) is 2. The Kier molecular flexibility index (Phi) is 8.45. The van der Waals surface area contributed by atoms with Gasteiger partial charge in [-0.2, -0.15) is 0 Å². The molecule has 1 aromatic carbocycles. The molecule has 1 aliphatic heterocycles. The summed E-state index contributed by atoms with van der Waals surface area (Å²) < 4.78 is 5.16. The molecule has 0 bridgehead atoms. The number of likely N-dealkylation sites (tertiary alicyclic amines) is 1. The van der Waals surface area contributed by atoms with Gasteiger partial charge in [0.25, 0.3) is 0 Å². The molecule has 6 nitrogen and oxygen atoms in total. The molecular formula is C21H34N4O2. The smallest absolute Gasteiger partial charge is 0.191 e. The Balaban J connectivity index is 1.84. The van der Waals surface area contributed by atoms with Crippen molar-refractivity contribution in [2.24, 2.45) is 4.99 Å². The predicted octanol–water partition coefficient (Wildman–Crippen LogP) is 2.54. The fraction of sp³-hybridized carbons (Fsp3) is 0.571. The van der Waals surface area contributed by atoms with E-state index in [9.17, 15) is 5.11 Å². The monoisotopic (exact) mass is 374 g/mol. The molecule has 6 heteroatoms. The molecule has 27 heavy (non-hydrogen) atoms. The fourth-order valence-corrected chi connectivity index (χ4v) is 3.30. The second-order valence-corrected chi connectivity index (χ2v) is 7.17. The summed E-state index contributed by atoms with van der Waals surface area (Å²) in [7, 11) is 1.56. The average molecular weight is 375 g/mol. The lowest BCUT2D eigenvalue weighted by molar-refractivity contribution is 0.221. The summed E-state index contributed by atoms with van der Waals surface area (Å²) in [4.78, 5) is 7.17. The first-order valence-corrected chi connectivity index (χ1v) is 9.79. The third kappa shape index (κ3) is 7.13. The number of phenolic OH excluding ortho intramolecular Hbond substituents is 1. The van der Waals surface area contributed by atoms with Crippen LogP contribution >= 0.6 is 0 Å². The molecule has 1 fully saturated rings. The number of piperidine rings is 1. The van der Waals surface area contributed by atoms with Crippen LogP contribution in [0.3, 0.4) is 0 Å². The summed E-state index contributed by atoms with van der Waals surface area (Å²) in [5.41, 5.74) is 2.32. The molecule has 0 aromatic heterocycles. The van der Waals surface area contributed by atoms with Crippen molar-refractivity contribution in [3.05, 3.63) is 35.9 Å². The highest BCUT2D eigenvalue weighted by Gasteiger charge is 2.19. The minimum Gasteiger partial charge on any atom is -0.504 e. The van der Waals surface area contributed by atoms with E-state index in [4.69, 9.17) is 9.73 Å². The van der Waals surface area contributed by atoms with Gasteiger partial charge in [0, 0.05) is 38.8 Å². The average Bonchev–Trinajstić information content (AvgIpc) is 2.64. The molecule has 1 saturated heterocycles. The van der Waals surface area contributed by atoms with Gasteiger partial charge >= 0.3 is 0 Å². The molecular weight excluding hydrogens is 340 g/mol. The molecule has 0 saturated carbocycles. The molecule has 1 aromatic rings. The minimum absolute atomic E-state index is 0.165. The number of methoxy groups -OCH3 is 1. The van der Waals surface area contributed by atoms with Gasteiger partial charge in [-0.3, -0.25) is 9.89 Å². The van der Waals surface area contributed by atoms with Crippen LogP contribution in [-0.4, -0.2) is 61.8 Å². The first-order valence-electron chi connectivity index (χ1n) is 9.79. The van der Waals surface area contributed by atoms with Crippen molar-refractivity contribution < 1.29 is 9.84 Å². The molecule has 1 heterocycles. The van der Waals surface area contributed by atoms with Crippen molar-refractivity contribution in [1.29, 1.82) is 0 Å². The van der Waals surface area contributed by atoms with Crippen LogP contribution in [0.5, 0.6) is 11.5 Å². The van der Waals surface area contributed by atoms with Crippen LogP contribution in [0.1, 0.15) is 32.3 Å². The lowest BCUT2D eigenvalue weighted by Crippen LogP contribution is -2.48. The van der Waals surface area contributed by atoms with Gasteiger partial charge in [-0.15, -0.1) is 0 Å². The first-order chi connectivity index (χ1) is 13.0. The molecule has 1 aliphatic rings. The standard InChI is InChI=1S/C21H34N4O2/c1-5-22-21(24-18-9-12-25(13-10-18)15-16(2)3)23-11-8-17-6-7-19(26)20(14-17)27-4/h6-7,14,18,26H,2,5,8-13,15H2,1,3-4H3,(H2,22,23,24). The lowest BCUT2D eigenvalue weighted by atomic mass is 10.0. The number of hydrogen-bond acceptors (Lipinski definition) is 4. The third-order valence-corrected chi connectivity index (χ3v) is 4.68. The molecule has 0 aliphatic carbocycles. The van der Waals surface area contributed by atoms with Crippen LogP contribution < -0.4 is 15.4 Å². The van der Waals surface area contributed by atoms with Crippen LogP contribution in [0.15, 0.2) is 35.3 Å². The molecule has 3 N–H and O–H groups in total. The van der Waals surface area contributed by atoms with E-state index in [0.717, 1.165) is 57.0 Å². The maximum absolute atomic E-state index is 9.69. The minimum atomic E-state index is 0.165. The highest BCUT2D eigenvalue weighted by atomic mass is 16.5. The summed E-state index contributed by atoms with van der Waals surface area (Å²) in [6.07, 6.45) is 3.03. The number of aliphatic imine (C=N–C) groups is 1. The number of rotatable bonds is 8. The van der Waals surface area contributed by atoms with Gasteiger partial charge in [-0.25, -0.2) is 0 Å². The van der Waals surface area contributed by atoms with E-state index in [-0.39, 0.29) is 5.75 Å². The zero-order valence-corrected chi connectivity index (χ0v) is 16.9. The second kappa shape index (κ2) is 10.8. The Hall–Kier alpha value is -2.21. The molecule has 0 spiro atoms. The van der Waals surface area contributed by atoms with Crippen LogP contribution in [-0.2, 0) is 6.42 Å². The van der Waals surface area contributed by atoms with Gasteiger partial charge in [0.2, 0.25) is 0 Å². The zero-order chi connectivity index (χ0) is 19.6. The Bertz CT molecular complexity index is 637. The van der Waals surface area contributed by atoms with Crippen LogP contribution in [0.25, 0.3) is 0 Å². The highest BCUT2D eigenvalue weighted by Crippen LogP contribution is 2.26. The van der Waals surface area contributed by atoms with E-state index < -0.39 is 0 Å². The van der Waals surface area contributed by atoms with E-state index in [1.807, 2.05) is 12.1 Å². The topological polar surface area (TPSA) is 69.1 Å². The summed E-state index contributed by atoms with van der Waals surface area (Å²) in [6, 6.07) is 5.89. The molecule has 0 radical (unpaired) electrons. The zero-order valence-electron chi connectivity index (χ0n) is 16.9. The number of nitrogens with zero attached hydrogens (tertiary/aromatic N) is 2. The molecule has 0 atom stereocenters. The number of aromatic hydroxyl groups is 1. The number of benzene rings is 1. The van der Waals surface area contributed by atoms with Gasteiger partial charge in [-0.1, -0.05) is 18.2 Å². The van der Waals surface area contributed by atoms with Gasteiger partial charge in [0.15, 0.2) is 17.5 Å². The van der Waals surface area contributed by atoms with E-state index in [1.54, 1.807) is 13.2 Å². The van der Waals surface area contributed by atoms with Crippen LogP contribution in [0.2, 0.25) is 0 Å². The van der Waals surface area contributed by atoms with Gasteiger partial charge in [0.1, 0.15) is 0 Å². The first kappa shape index (κ1) is 21.1. The molecule has 2 rings (SSSR count). The largest absolute Gasteiger partial charge is 0.504 e. The summed E-state index contributed by atoms with van der Waals surface area (Å²) >= 11 is 0. The molecule has 150 valence electrons. The Labute approximate surface area is 163 Å². The van der Waals surface area contributed by atoms with E-state index >= 15 is 0 Å². The fourth-order valence-electron chi connectivity index (χ4n) is 3.30. The van der Waals surface area contributed by atoms with Gasteiger partial charge in [-0.05, 0) is 50.8 Å². The predicted molar refractivity (Wildman–Crippen MR) is 112 cm³/mol. The van der Waals surface area contributed by atoms with Crippen molar-refractivity contribution in [3.63, 3.8) is 0 Å². The Morgan fingerprint density at radius 3 is 2.74 bits per heavy atom. The number of guanidine groups is 1. The van der Waals surface area contributed by atoms with E-state index in [0.29, 0.717) is 18.3 Å². The van der Waals surface area contributed by atoms with Crippen molar-refractivity contribution in [2.75, 3.05) is 39.8 Å². The maximum Gasteiger partial charge on any atom is 0.191 e. The van der Waals surface area contributed by atoms with E-state index in [1.165, 1.54) is 5.57 Å². The van der Waals surface area contributed by atoms with Crippen LogP contribution in [0, 0.1) is 0 Å². The Morgan fingerprint density at radius 1 is 1.37 bits per heavy atom. The maximum atomic E-state index is 9.69. The summed E-state index contributed by atoms with van der Waals surface area (Å²) in [5.74, 6) is 1.54. The number of ether oxygens (including phenoxy) is 1. The second-order valence-electron chi connectivity index (χ2n) is 7.17. The molecule has 0 amide bonds. The summed E-state index contributed by atoms with van der Waals surface area (Å²) in [5, 5.41) is 16.6. The van der Waals surface area contributed by atoms with Crippen molar-refractivity contribution >= 4 is 5.96 Å². The number of hydrogen-bond donors (Lipinski definition) is 3. The summed E-state index contributed by atoms with van der Waals surface area (Å²) in [6.45, 7) is 12.9. The van der Waals surface area contributed by atoms with Crippen molar-refractivity contribution in [1.82, 2.24) is 15.5 Å². The van der Waals surface area contributed by atoms with E-state index in [2.05, 4.69) is 36.0 Å². The normalized spacial score (nSPS) is 16.2. The van der Waals surface area contributed by atoms with Crippen LogP contribution in [0.4, 0.5) is 0 Å². The third-order valence-electron chi connectivity index (χ3n) is 4.68. The number of phenols is 1. The Morgan fingerprint density at radius 2 is 2.11 bits per heavy atom. The lowest BCUT2D eigenvalue weighted by Gasteiger charge is -2.33. The van der Waals surface area contributed by atoms with Gasteiger partial charge < -0.3 is 20.5 Å². The van der Waals surface area contributed by atoms with Crippen molar-refractivity contribution in [2.45, 2.75) is 39.2 Å². The van der Waals surface area contributed by atoms with Crippen molar-refractivity contribution in [3.8, 4) is 11.5 Å². The highest BCUT2D eigenvalue weighted by molar-refractivity contribution is 5.80.